The average molecular weight is 465 g/mol. The highest BCUT2D eigenvalue weighted by Gasteiger charge is 2.12. The maximum Gasteiger partial charge on any atom is 0.414 e. The van der Waals surface area contributed by atoms with E-state index in [4.69, 9.17) is 34.9 Å². The minimum atomic E-state index is -3.70. The third-order valence-electron chi connectivity index (χ3n) is 3.98. The van der Waals surface area contributed by atoms with Crippen molar-refractivity contribution in [3.63, 3.8) is 0 Å². The van der Waals surface area contributed by atoms with Gasteiger partial charge in [-0.1, -0.05) is 12.1 Å². The molecular formula is C20H23N3O8S. The highest BCUT2D eigenvalue weighted by atomic mass is 32.2. The lowest BCUT2D eigenvalue weighted by Crippen LogP contribution is -2.33. The van der Waals surface area contributed by atoms with E-state index in [9.17, 15) is 13.5 Å². The molecule has 0 aliphatic carbocycles. The monoisotopic (exact) mass is 465 g/mol. The number of hydrogen-bond acceptors (Lipinski definition) is 8. The molecule has 6 N–H and O–H groups in total. The molecule has 2 aromatic rings. The number of nitrogens with zero attached hydrogens (tertiary/aromatic N) is 1. The van der Waals surface area contributed by atoms with Crippen molar-refractivity contribution in [1.29, 1.82) is 5.26 Å². The van der Waals surface area contributed by atoms with Crippen LogP contribution in [0.2, 0.25) is 0 Å². The van der Waals surface area contributed by atoms with Gasteiger partial charge in [0.05, 0.1) is 16.5 Å². The van der Waals surface area contributed by atoms with E-state index in [-0.39, 0.29) is 17.5 Å². The Bertz CT molecular complexity index is 1040. The third kappa shape index (κ3) is 9.54. The van der Waals surface area contributed by atoms with Crippen molar-refractivity contribution in [3.05, 3.63) is 59.7 Å². The second-order valence-corrected chi connectivity index (χ2v) is 8.02. The Labute approximate surface area is 184 Å². The fourth-order valence-corrected chi connectivity index (χ4v) is 2.77. The highest BCUT2D eigenvalue weighted by molar-refractivity contribution is 7.89. The zero-order valence-electron chi connectivity index (χ0n) is 17.0. The largest absolute Gasteiger partial charge is 0.491 e. The van der Waals surface area contributed by atoms with Crippen LogP contribution in [0.25, 0.3) is 0 Å². The highest BCUT2D eigenvalue weighted by Crippen LogP contribution is 2.16. The Balaban J connectivity index is 0.000000751. The standard InChI is InChI=1S/C18H21N3O4S.C2H2O4/c1-13(15-4-8-18(9-5-15)26(20,23)24)21-11-16(22)12-25-17-6-2-14(10-19)3-7-17;3-1(4)2(5)6/h2-9,13,16,21-22H,11-12H2,1H3,(H2,20,23,24);(H,3,4)(H,5,6). The number of benzene rings is 2. The number of sulfonamides is 1. The van der Waals surface area contributed by atoms with Crippen LogP contribution in [0.3, 0.4) is 0 Å². The summed E-state index contributed by atoms with van der Waals surface area (Å²) in [6.45, 7) is 2.31. The molecule has 32 heavy (non-hydrogen) atoms. The average Bonchev–Trinajstić information content (AvgIpc) is 2.76. The number of carboxylic acid groups (broad SMARTS) is 2. The first kappa shape index (κ1) is 26.5. The third-order valence-corrected chi connectivity index (χ3v) is 4.91. The van der Waals surface area contributed by atoms with Crippen LogP contribution >= 0.6 is 0 Å². The van der Waals surface area contributed by atoms with Crippen LogP contribution in [-0.2, 0) is 19.6 Å². The lowest BCUT2D eigenvalue weighted by molar-refractivity contribution is -0.159. The fourth-order valence-electron chi connectivity index (χ4n) is 2.25. The number of aliphatic hydroxyl groups excluding tert-OH is 1. The second-order valence-electron chi connectivity index (χ2n) is 6.46. The number of ether oxygens (including phenoxy) is 1. The number of primary sulfonamides is 1. The number of aliphatic carboxylic acids is 2. The normalized spacial score (nSPS) is 12.4. The van der Waals surface area contributed by atoms with Crippen LogP contribution in [0.5, 0.6) is 5.75 Å². The van der Waals surface area contributed by atoms with Crippen LogP contribution < -0.4 is 15.2 Å². The molecule has 172 valence electrons. The molecule has 12 heteroatoms. The molecule has 0 saturated heterocycles. The number of nitrogens with two attached hydrogens (primary N) is 1. The molecule has 2 unspecified atom stereocenters. The fraction of sp³-hybridized carbons (Fsp3) is 0.250. The molecule has 2 aromatic carbocycles. The number of hydrogen-bond donors (Lipinski definition) is 5. The van der Waals surface area contributed by atoms with Gasteiger partial charge in [0.1, 0.15) is 18.5 Å². The predicted octanol–water partition coefficient (Wildman–Crippen LogP) is 0.452. The quantitative estimate of drug-likeness (QED) is 0.341. The van der Waals surface area contributed by atoms with Crippen molar-refractivity contribution >= 4 is 22.0 Å². The van der Waals surface area contributed by atoms with E-state index < -0.39 is 28.1 Å². The second kappa shape index (κ2) is 12.4. The molecule has 0 bridgehead atoms. The first-order valence-corrected chi connectivity index (χ1v) is 10.6. The molecule has 0 fully saturated rings. The van der Waals surface area contributed by atoms with Crippen LogP contribution in [0.4, 0.5) is 0 Å². The molecule has 0 radical (unpaired) electrons. The smallest absolute Gasteiger partial charge is 0.414 e. The predicted molar refractivity (Wildman–Crippen MR) is 112 cm³/mol. The zero-order valence-corrected chi connectivity index (χ0v) is 17.8. The van der Waals surface area contributed by atoms with E-state index in [0.717, 1.165) is 5.56 Å². The Morgan fingerprint density at radius 2 is 1.62 bits per heavy atom. The van der Waals surface area contributed by atoms with Crippen molar-refractivity contribution in [3.8, 4) is 11.8 Å². The van der Waals surface area contributed by atoms with Crippen LogP contribution in [0.1, 0.15) is 24.1 Å². The maximum atomic E-state index is 11.3. The number of carbonyl (C=O) groups is 2. The van der Waals surface area contributed by atoms with E-state index >= 15 is 0 Å². The van der Waals surface area contributed by atoms with Gasteiger partial charge in [0.2, 0.25) is 10.0 Å². The summed E-state index contributed by atoms with van der Waals surface area (Å²) in [7, 11) is -3.70. The summed E-state index contributed by atoms with van der Waals surface area (Å²) < 4.78 is 28.0. The van der Waals surface area contributed by atoms with E-state index in [2.05, 4.69) is 5.32 Å². The van der Waals surface area contributed by atoms with Gasteiger partial charge in [0, 0.05) is 12.6 Å². The molecule has 11 nitrogen and oxygen atoms in total. The van der Waals surface area contributed by atoms with Crippen molar-refractivity contribution in [2.24, 2.45) is 5.14 Å². The summed E-state index contributed by atoms with van der Waals surface area (Å²) in [5.41, 5.74) is 1.42. The van der Waals surface area contributed by atoms with E-state index in [1.54, 1.807) is 36.4 Å². The lowest BCUT2D eigenvalue weighted by atomic mass is 10.1. The number of aliphatic hydroxyl groups is 1. The minimum Gasteiger partial charge on any atom is -0.491 e. The molecule has 0 amide bonds. The molecule has 0 heterocycles. The minimum absolute atomic E-state index is 0.0595. The number of nitriles is 1. The van der Waals surface area contributed by atoms with Gasteiger partial charge in [0.15, 0.2) is 0 Å². The SMILES string of the molecule is CC(NCC(O)COc1ccc(C#N)cc1)c1ccc(S(N)(=O)=O)cc1.O=C(O)C(=O)O. The van der Waals surface area contributed by atoms with Gasteiger partial charge in [-0.25, -0.2) is 23.1 Å². The van der Waals surface area contributed by atoms with Crippen LogP contribution in [-0.4, -0.2) is 54.9 Å². The maximum absolute atomic E-state index is 11.3. The molecule has 0 aliphatic heterocycles. The molecule has 0 spiro atoms. The van der Waals surface area contributed by atoms with Gasteiger partial charge < -0.3 is 25.4 Å². The number of rotatable bonds is 8. The van der Waals surface area contributed by atoms with Crippen molar-refractivity contribution < 1.29 is 38.1 Å². The molecule has 2 atom stereocenters. The molecule has 0 saturated carbocycles. The summed E-state index contributed by atoms with van der Waals surface area (Å²) in [4.78, 5) is 18.3. The van der Waals surface area contributed by atoms with Gasteiger partial charge in [-0.2, -0.15) is 5.26 Å². The first-order valence-electron chi connectivity index (χ1n) is 9.07. The van der Waals surface area contributed by atoms with Crippen molar-refractivity contribution in [1.82, 2.24) is 5.32 Å². The number of nitrogens with one attached hydrogen (secondary N) is 1. The summed E-state index contributed by atoms with van der Waals surface area (Å²) in [5, 5.41) is 41.8. The molecule has 2 rings (SSSR count). The molecule has 0 aromatic heterocycles. The summed E-state index contributed by atoms with van der Waals surface area (Å²) >= 11 is 0. The van der Waals surface area contributed by atoms with Gasteiger partial charge >= 0.3 is 11.9 Å². The summed E-state index contributed by atoms with van der Waals surface area (Å²) in [6, 6.07) is 14.8. The van der Waals surface area contributed by atoms with Gasteiger partial charge in [-0.15, -0.1) is 0 Å². The topological polar surface area (TPSA) is 200 Å². The van der Waals surface area contributed by atoms with Gasteiger partial charge in [-0.3, -0.25) is 0 Å². The summed E-state index contributed by atoms with van der Waals surface area (Å²) in [6.07, 6.45) is -0.725. The molecular weight excluding hydrogens is 442 g/mol. The van der Waals surface area contributed by atoms with E-state index in [1.807, 2.05) is 13.0 Å². The lowest BCUT2D eigenvalue weighted by Gasteiger charge is -2.18. The number of carboxylic acids is 2. The van der Waals surface area contributed by atoms with Crippen molar-refractivity contribution in [2.75, 3.05) is 13.2 Å². The van der Waals surface area contributed by atoms with Crippen molar-refractivity contribution in [2.45, 2.75) is 24.0 Å². The molecule has 0 aliphatic rings. The van der Waals surface area contributed by atoms with Gasteiger partial charge in [0.25, 0.3) is 0 Å². The van der Waals surface area contributed by atoms with Crippen LogP contribution in [0.15, 0.2) is 53.4 Å². The summed E-state index contributed by atoms with van der Waals surface area (Å²) in [5.74, 6) is -3.07. The Kier molecular flexibility index (Phi) is 10.3. The Morgan fingerprint density at radius 3 is 2.06 bits per heavy atom. The van der Waals surface area contributed by atoms with E-state index in [0.29, 0.717) is 17.9 Å². The van der Waals surface area contributed by atoms with E-state index in [1.165, 1.54) is 12.1 Å². The Hall–Kier alpha value is -3.50. The first-order chi connectivity index (χ1) is 14.9. The zero-order chi connectivity index (χ0) is 24.3. The van der Waals surface area contributed by atoms with Crippen LogP contribution in [0, 0.1) is 11.3 Å². The Morgan fingerprint density at radius 1 is 1.09 bits per heavy atom. The van der Waals surface area contributed by atoms with Gasteiger partial charge in [-0.05, 0) is 48.9 Å².